The van der Waals surface area contributed by atoms with Crippen molar-refractivity contribution in [1.29, 1.82) is 0 Å². The van der Waals surface area contributed by atoms with Crippen molar-refractivity contribution in [3.05, 3.63) is 29.7 Å². The van der Waals surface area contributed by atoms with Crippen molar-refractivity contribution in [2.75, 3.05) is 0 Å². The normalized spacial score (nSPS) is 10.1. The van der Waals surface area contributed by atoms with Crippen LogP contribution in [0.1, 0.15) is 11.4 Å². The van der Waals surface area contributed by atoms with Gasteiger partial charge in [-0.2, -0.15) is 0 Å². The lowest BCUT2D eigenvalue weighted by molar-refractivity contribution is 0.811. The molecule has 0 spiro atoms. The van der Waals surface area contributed by atoms with Crippen molar-refractivity contribution < 1.29 is 0 Å². The van der Waals surface area contributed by atoms with E-state index in [0.29, 0.717) is 11.6 Å². The molecule has 2 heterocycles. The standard InChI is InChI=1S/C9H9N5/c1-6-4-3-5-10-8(6)9-13-11-7(2)12-14-9/h3-5H,1-2H3. The molecule has 0 N–H and O–H groups in total. The third kappa shape index (κ3) is 1.56. The molecule has 14 heavy (non-hydrogen) atoms. The van der Waals surface area contributed by atoms with E-state index in [1.807, 2.05) is 19.1 Å². The molecular weight excluding hydrogens is 178 g/mol. The summed E-state index contributed by atoms with van der Waals surface area (Å²) in [6, 6.07) is 3.82. The highest BCUT2D eigenvalue weighted by atomic mass is 15.3. The summed E-state index contributed by atoms with van der Waals surface area (Å²) in [5, 5.41) is 15.5. The van der Waals surface area contributed by atoms with E-state index in [-0.39, 0.29) is 0 Å². The predicted molar refractivity (Wildman–Crippen MR) is 50.3 cm³/mol. The maximum Gasteiger partial charge on any atom is 0.222 e. The van der Waals surface area contributed by atoms with Crippen molar-refractivity contribution in [1.82, 2.24) is 25.4 Å². The molecule has 0 unspecified atom stereocenters. The summed E-state index contributed by atoms with van der Waals surface area (Å²) >= 11 is 0. The largest absolute Gasteiger partial charge is 0.252 e. The number of hydrogen-bond acceptors (Lipinski definition) is 5. The van der Waals surface area contributed by atoms with Gasteiger partial charge >= 0.3 is 0 Å². The highest BCUT2D eigenvalue weighted by molar-refractivity contribution is 5.52. The summed E-state index contributed by atoms with van der Waals surface area (Å²) in [7, 11) is 0. The first-order chi connectivity index (χ1) is 6.77. The van der Waals surface area contributed by atoms with E-state index in [2.05, 4.69) is 25.4 Å². The van der Waals surface area contributed by atoms with Gasteiger partial charge in [-0.25, -0.2) is 0 Å². The Bertz CT molecular complexity index is 437. The molecule has 0 saturated heterocycles. The SMILES string of the molecule is Cc1nnc(-c2ncccc2C)nn1. The molecule has 5 heteroatoms. The molecule has 0 bridgehead atoms. The van der Waals surface area contributed by atoms with Crippen molar-refractivity contribution >= 4 is 0 Å². The molecule has 2 rings (SSSR count). The third-order valence-corrected chi connectivity index (χ3v) is 1.80. The van der Waals surface area contributed by atoms with Crippen LogP contribution in [0.5, 0.6) is 0 Å². The molecule has 0 amide bonds. The summed E-state index contributed by atoms with van der Waals surface area (Å²) in [6.07, 6.45) is 1.70. The molecule has 0 aliphatic heterocycles. The van der Waals surface area contributed by atoms with Gasteiger partial charge in [0.1, 0.15) is 5.69 Å². The maximum absolute atomic E-state index is 4.17. The molecule has 5 nitrogen and oxygen atoms in total. The Kier molecular flexibility index (Phi) is 2.14. The second-order valence-corrected chi connectivity index (χ2v) is 2.94. The number of aromatic nitrogens is 5. The Hall–Kier alpha value is -1.91. The summed E-state index contributed by atoms with van der Waals surface area (Å²) in [5.41, 5.74) is 1.74. The zero-order chi connectivity index (χ0) is 9.97. The number of aryl methyl sites for hydroxylation is 2. The zero-order valence-electron chi connectivity index (χ0n) is 7.97. The predicted octanol–water partition coefficient (Wildman–Crippen LogP) is 0.945. The molecule has 0 radical (unpaired) electrons. The van der Waals surface area contributed by atoms with Crippen molar-refractivity contribution in [3.63, 3.8) is 0 Å². The molecule has 0 aromatic carbocycles. The number of hydrogen-bond donors (Lipinski definition) is 0. The molecule has 0 atom stereocenters. The first-order valence-corrected chi connectivity index (χ1v) is 4.23. The topological polar surface area (TPSA) is 64.5 Å². The van der Waals surface area contributed by atoms with E-state index in [1.165, 1.54) is 0 Å². The van der Waals surface area contributed by atoms with Gasteiger partial charge in [-0.05, 0) is 25.5 Å². The molecule has 2 aromatic heterocycles. The second-order valence-electron chi connectivity index (χ2n) is 2.94. The van der Waals surface area contributed by atoms with Gasteiger partial charge in [0.2, 0.25) is 5.82 Å². The van der Waals surface area contributed by atoms with Gasteiger partial charge in [0, 0.05) is 6.20 Å². The Labute approximate surface area is 81.3 Å². The maximum atomic E-state index is 4.17. The van der Waals surface area contributed by atoms with Crippen LogP contribution in [0.2, 0.25) is 0 Å². The number of pyridine rings is 1. The van der Waals surface area contributed by atoms with Crippen LogP contribution in [0.25, 0.3) is 11.5 Å². The van der Waals surface area contributed by atoms with Crippen molar-refractivity contribution in [2.24, 2.45) is 0 Å². The Balaban J connectivity index is 2.50. The fraction of sp³-hybridized carbons (Fsp3) is 0.222. The number of rotatable bonds is 1. The van der Waals surface area contributed by atoms with Gasteiger partial charge in [-0.15, -0.1) is 20.4 Å². The minimum Gasteiger partial charge on any atom is -0.252 e. The average Bonchev–Trinajstić information content (AvgIpc) is 2.20. The van der Waals surface area contributed by atoms with Gasteiger partial charge < -0.3 is 0 Å². The lowest BCUT2D eigenvalue weighted by Crippen LogP contribution is -2.00. The minimum atomic E-state index is 0.466. The smallest absolute Gasteiger partial charge is 0.222 e. The average molecular weight is 187 g/mol. The minimum absolute atomic E-state index is 0.466. The number of nitrogens with zero attached hydrogens (tertiary/aromatic N) is 5. The van der Waals surface area contributed by atoms with Crippen LogP contribution in [-0.4, -0.2) is 25.4 Å². The van der Waals surface area contributed by atoms with Gasteiger partial charge in [-0.3, -0.25) is 4.98 Å². The van der Waals surface area contributed by atoms with Crippen LogP contribution in [0.4, 0.5) is 0 Å². The first-order valence-electron chi connectivity index (χ1n) is 4.23. The quantitative estimate of drug-likeness (QED) is 0.664. The molecule has 0 aliphatic rings. The summed E-state index contributed by atoms with van der Waals surface area (Å²) in [4.78, 5) is 4.17. The van der Waals surface area contributed by atoms with Crippen LogP contribution >= 0.6 is 0 Å². The summed E-state index contributed by atoms with van der Waals surface area (Å²) in [5.74, 6) is 1.02. The van der Waals surface area contributed by atoms with Crippen molar-refractivity contribution in [2.45, 2.75) is 13.8 Å². The second kappa shape index (κ2) is 3.45. The van der Waals surface area contributed by atoms with Gasteiger partial charge in [-0.1, -0.05) is 6.07 Å². The highest BCUT2D eigenvalue weighted by Gasteiger charge is 2.06. The van der Waals surface area contributed by atoms with E-state index in [0.717, 1.165) is 11.3 Å². The van der Waals surface area contributed by atoms with E-state index in [9.17, 15) is 0 Å². The third-order valence-electron chi connectivity index (χ3n) is 1.80. The first kappa shape index (κ1) is 8.68. The Morgan fingerprint density at radius 2 is 1.71 bits per heavy atom. The lowest BCUT2D eigenvalue weighted by atomic mass is 10.2. The molecule has 0 saturated carbocycles. The summed E-state index contributed by atoms with van der Waals surface area (Å²) in [6.45, 7) is 3.70. The molecule has 70 valence electrons. The lowest BCUT2D eigenvalue weighted by Gasteiger charge is -2.00. The molecule has 0 fully saturated rings. The molecular formula is C9H9N5. The van der Waals surface area contributed by atoms with Gasteiger partial charge in [0.15, 0.2) is 5.82 Å². The fourth-order valence-corrected chi connectivity index (χ4v) is 1.09. The van der Waals surface area contributed by atoms with Gasteiger partial charge in [0.05, 0.1) is 0 Å². The van der Waals surface area contributed by atoms with E-state index in [1.54, 1.807) is 13.1 Å². The highest BCUT2D eigenvalue weighted by Crippen LogP contribution is 2.13. The Morgan fingerprint density at radius 1 is 1.00 bits per heavy atom. The zero-order valence-corrected chi connectivity index (χ0v) is 7.97. The molecule has 0 aliphatic carbocycles. The molecule has 2 aromatic rings. The van der Waals surface area contributed by atoms with Crippen LogP contribution in [-0.2, 0) is 0 Å². The van der Waals surface area contributed by atoms with Crippen molar-refractivity contribution in [3.8, 4) is 11.5 Å². The fourth-order valence-electron chi connectivity index (χ4n) is 1.09. The Morgan fingerprint density at radius 3 is 2.36 bits per heavy atom. The van der Waals surface area contributed by atoms with E-state index >= 15 is 0 Å². The van der Waals surface area contributed by atoms with E-state index in [4.69, 9.17) is 0 Å². The monoisotopic (exact) mass is 187 g/mol. The summed E-state index contributed by atoms with van der Waals surface area (Å²) < 4.78 is 0. The van der Waals surface area contributed by atoms with Crippen LogP contribution < -0.4 is 0 Å². The van der Waals surface area contributed by atoms with E-state index < -0.39 is 0 Å². The van der Waals surface area contributed by atoms with Crippen LogP contribution in [0.3, 0.4) is 0 Å². The van der Waals surface area contributed by atoms with Crippen LogP contribution in [0.15, 0.2) is 18.3 Å². The van der Waals surface area contributed by atoms with Crippen LogP contribution in [0, 0.1) is 13.8 Å². The van der Waals surface area contributed by atoms with Gasteiger partial charge in [0.25, 0.3) is 0 Å².